The maximum Gasteiger partial charge on any atom is 0.252 e. The standard InChI is InChI=1S/C45H29BN2/c1-24-15-17-37-32(19-24)33-20-25(2)22-35-44(33)47(37)39-13-8-14-40-43(39)46(35)36-23-26(3)21-34-42-38(48(40)45(34)36)18-16-31-29-11-5-4-9-27(29)28-10-6-7-12-30(28)41(31)42/h4-23H,1-3H3. The number of aryl methyl sites for hydroxylation is 3. The summed E-state index contributed by atoms with van der Waals surface area (Å²) < 4.78 is 5.17. The van der Waals surface area contributed by atoms with Crippen LogP contribution in [0.3, 0.4) is 0 Å². The van der Waals surface area contributed by atoms with Gasteiger partial charge >= 0.3 is 0 Å². The molecule has 3 heteroatoms. The van der Waals surface area contributed by atoms with Gasteiger partial charge in [0.15, 0.2) is 0 Å². The average molecular weight is 609 g/mol. The van der Waals surface area contributed by atoms with E-state index in [0.29, 0.717) is 0 Å². The molecule has 0 bridgehead atoms. The van der Waals surface area contributed by atoms with E-state index in [1.54, 1.807) is 0 Å². The third kappa shape index (κ3) is 2.81. The minimum absolute atomic E-state index is 0.152. The maximum atomic E-state index is 2.60. The van der Waals surface area contributed by atoms with Gasteiger partial charge in [0.05, 0.1) is 11.0 Å². The van der Waals surface area contributed by atoms with Crippen LogP contribution in [0.5, 0.6) is 0 Å². The lowest BCUT2D eigenvalue weighted by atomic mass is 9.34. The van der Waals surface area contributed by atoms with Crippen molar-refractivity contribution in [1.29, 1.82) is 0 Å². The first-order chi connectivity index (χ1) is 23.6. The molecule has 0 atom stereocenters. The van der Waals surface area contributed by atoms with Crippen LogP contribution in [0, 0.1) is 20.8 Å². The summed E-state index contributed by atoms with van der Waals surface area (Å²) in [5, 5.41) is 13.4. The lowest BCUT2D eigenvalue weighted by Crippen LogP contribution is -2.59. The Kier molecular flexibility index (Phi) is 4.41. The Hall–Kier alpha value is -5.80. The summed E-state index contributed by atoms with van der Waals surface area (Å²) in [6.07, 6.45) is 0. The van der Waals surface area contributed by atoms with Crippen LogP contribution >= 0.6 is 0 Å². The van der Waals surface area contributed by atoms with Crippen molar-refractivity contribution in [2.45, 2.75) is 20.8 Å². The lowest BCUT2D eigenvalue weighted by molar-refractivity contribution is 1.14. The molecule has 0 spiro atoms. The minimum Gasteiger partial charge on any atom is -0.310 e. The van der Waals surface area contributed by atoms with Crippen LogP contribution in [0.2, 0.25) is 0 Å². The Morgan fingerprint density at radius 1 is 0.396 bits per heavy atom. The summed E-state index contributed by atoms with van der Waals surface area (Å²) in [5.74, 6) is 0. The molecular weight excluding hydrogens is 579 g/mol. The van der Waals surface area contributed by atoms with Gasteiger partial charge in [-0.1, -0.05) is 95.6 Å². The monoisotopic (exact) mass is 608 g/mol. The molecule has 0 amide bonds. The fourth-order valence-electron chi connectivity index (χ4n) is 9.90. The van der Waals surface area contributed by atoms with E-state index in [1.807, 2.05) is 0 Å². The Bertz CT molecular complexity index is 3120. The zero-order valence-corrected chi connectivity index (χ0v) is 27.0. The van der Waals surface area contributed by atoms with Crippen molar-refractivity contribution in [3.05, 3.63) is 138 Å². The number of nitrogens with zero attached hydrogens (tertiary/aromatic N) is 2. The van der Waals surface area contributed by atoms with Gasteiger partial charge < -0.3 is 9.13 Å². The molecule has 0 N–H and O–H groups in total. The van der Waals surface area contributed by atoms with Crippen molar-refractivity contribution in [2.24, 2.45) is 0 Å². The number of hydrogen-bond acceptors (Lipinski definition) is 0. The summed E-state index contributed by atoms with van der Waals surface area (Å²) in [5.41, 5.74) is 16.1. The van der Waals surface area contributed by atoms with E-state index in [4.69, 9.17) is 0 Å². The molecule has 4 heterocycles. The third-order valence-corrected chi connectivity index (χ3v) is 11.5. The van der Waals surface area contributed by atoms with Crippen LogP contribution in [0.15, 0.2) is 121 Å². The van der Waals surface area contributed by atoms with Gasteiger partial charge in [-0.25, -0.2) is 0 Å². The van der Waals surface area contributed by atoms with Gasteiger partial charge in [-0.2, -0.15) is 0 Å². The molecule has 0 unspecified atom stereocenters. The Labute approximate surface area is 277 Å². The summed E-state index contributed by atoms with van der Waals surface area (Å²) in [6.45, 7) is 6.91. The number of hydrogen-bond donors (Lipinski definition) is 0. The van der Waals surface area contributed by atoms with Crippen LogP contribution in [0.1, 0.15) is 16.7 Å². The predicted octanol–water partition coefficient (Wildman–Crippen LogP) is 9.41. The maximum absolute atomic E-state index is 2.60. The number of aromatic nitrogens is 2. The van der Waals surface area contributed by atoms with Crippen LogP contribution in [-0.2, 0) is 0 Å². The number of benzene rings is 8. The Morgan fingerprint density at radius 2 is 0.938 bits per heavy atom. The van der Waals surface area contributed by atoms with Crippen molar-refractivity contribution < 1.29 is 0 Å². The van der Waals surface area contributed by atoms with Crippen molar-refractivity contribution in [2.75, 3.05) is 0 Å². The minimum atomic E-state index is 0.152. The molecular formula is C45H29BN2. The normalized spacial score (nSPS) is 13.3. The van der Waals surface area contributed by atoms with Crippen molar-refractivity contribution in [3.8, 4) is 11.4 Å². The SMILES string of the molecule is Cc1ccc2c(c1)c1cc(C)cc3c1n2-c1cccc2c1B3c1cc(C)cc3c4c5c6ccccc6c6ccccc6c5ccc4n-2c13. The van der Waals surface area contributed by atoms with E-state index < -0.39 is 0 Å². The highest BCUT2D eigenvalue weighted by molar-refractivity contribution is 7.00. The van der Waals surface area contributed by atoms with Crippen LogP contribution < -0.4 is 16.4 Å². The van der Waals surface area contributed by atoms with Crippen molar-refractivity contribution >= 4 is 99.0 Å². The first kappa shape index (κ1) is 25.3. The van der Waals surface area contributed by atoms with Gasteiger partial charge in [0.2, 0.25) is 0 Å². The van der Waals surface area contributed by atoms with E-state index in [0.717, 1.165) is 0 Å². The molecule has 10 aromatic rings. The predicted molar refractivity (Wildman–Crippen MR) is 207 cm³/mol. The topological polar surface area (TPSA) is 9.86 Å². The highest BCUT2D eigenvalue weighted by Gasteiger charge is 2.41. The largest absolute Gasteiger partial charge is 0.310 e. The molecule has 0 saturated carbocycles. The molecule has 0 saturated heterocycles. The van der Waals surface area contributed by atoms with Gasteiger partial charge in [-0.05, 0) is 107 Å². The first-order valence-corrected chi connectivity index (χ1v) is 17.1. The van der Waals surface area contributed by atoms with Crippen LogP contribution in [-0.4, -0.2) is 15.8 Å². The second-order valence-corrected chi connectivity index (χ2v) is 14.3. The molecule has 0 fully saturated rings. The summed E-state index contributed by atoms with van der Waals surface area (Å²) in [6, 6.07) is 46.5. The zero-order chi connectivity index (χ0) is 31.6. The summed E-state index contributed by atoms with van der Waals surface area (Å²) >= 11 is 0. The second kappa shape index (κ2) is 8.37. The van der Waals surface area contributed by atoms with Crippen LogP contribution in [0.4, 0.5) is 0 Å². The fourth-order valence-corrected chi connectivity index (χ4v) is 9.90. The van der Waals surface area contributed by atoms with Gasteiger partial charge in [-0.15, -0.1) is 0 Å². The van der Waals surface area contributed by atoms with E-state index in [1.165, 1.54) is 120 Å². The average Bonchev–Trinajstić information content (AvgIpc) is 3.61. The van der Waals surface area contributed by atoms with E-state index in [9.17, 15) is 0 Å². The van der Waals surface area contributed by atoms with E-state index in [-0.39, 0.29) is 6.71 Å². The van der Waals surface area contributed by atoms with Gasteiger partial charge in [0.1, 0.15) is 0 Å². The third-order valence-electron chi connectivity index (χ3n) is 11.5. The van der Waals surface area contributed by atoms with Crippen molar-refractivity contribution in [1.82, 2.24) is 9.13 Å². The van der Waals surface area contributed by atoms with E-state index in [2.05, 4.69) is 151 Å². The molecule has 12 rings (SSSR count). The van der Waals surface area contributed by atoms with Gasteiger partial charge in [-0.3, -0.25) is 0 Å². The van der Waals surface area contributed by atoms with Crippen LogP contribution in [0.25, 0.3) is 87.3 Å². The molecule has 222 valence electrons. The van der Waals surface area contributed by atoms with E-state index >= 15 is 0 Å². The quantitative estimate of drug-likeness (QED) is 0.120. The fraction of sp³-hybridized carbons (Fsp3) is 0.0667. The molecule has 2 aliphatic heterocycles. The molecule has 8 aromatic carbocycles. The molecule has 2 aromatic heterocycles. The molecule has 0 radical (unpaired) electrons. The zero-order valence-electron chi connectivity index (χ0n) is 27.0. The number of fused-ring (bicyclic) bond motifs is 17. The number of rotatable bonds is 0. The first-order valence-electron chi connectivity index (χ1n) is 17.1. The smallest absolute Gasteiger partial charge is 0.252 e. The van der Waals surface area contributed by atoms with Gasteiger partial charge in [0.25, 0.3) is 6.71 Å². The molecule has 2 nitrogen and oxygen atoms in total. The van der Waals surface area contributed by atoms with Gasteiger partial charge in [0, 0.05) is 49.3 Å². The Morgan fingerprint density at radius 3 is 1.65 bits per heavy atom. The highest BCUT2D eigenvalue weighted by atomic mass is 15.0. The molecule has 48 heavy (non-hydrogen) atoms. The lowest BCUT2D eigenvalue weighted by Gasteiger charge is -2.33. The molecule has 0 aliphatic carbocycles. The summed E-state index contributed by atoms with van der Waals surface area (Å²) in [4.78, 5) is 0. The second-order valence-electron chi connectivity index (χ2n) is 14.3. The van der Waals surface area contributed by atoms with Crippen molar-refractivity contribution in [3.63, 3.8) is 0 Å². The summed E-state index contributed by atoms with van der Waals surface area (Å²) in [7, 11) is 0. The highest BCUT2D eigenvalue weighted by Crippen LogP contribution is 2.45. The molecule has 2 aliphatic rings. The Balaban J connectivity index is 1.33.